The van der Waals surface area contributed by atoms with Gasteiger partial charge >= 0.3 is 5.82 Å². The molecule has 0 radical (unpaired) electrons. The summed E-state index contributed by atoms with van der Waals surface area (Å²) in [7, 11) is 0. The Hall–Kier alpha value is -1.67. The van der Waals surface area contributed by atoms with Crippen molar-refractivity contribution >= 4 is 27.9 Å². The van der Waals surface area contributed by atoms with Crippen LogP contribution in [0.5, 0.6) is 0 Å². The van der Waals surface area contributed by atoms with E-state index in [1.807, 2.05) is 0 Å². The zero-order chi connectivity index (χ0) is 13.1. The maximum atomic E-state index is 11.0. The topological polar surface area (TPSA) is 84.5 Å². The number of fused-ring (bicyclic) bond motifs is 1. The summed E-state index contributed by atoms with van der Waals surface area (Å²) < 4.78 is 1.49. The summed E-state index contributed by atoms with van der Waals surface area (Å²) in [6, 6.07) is 0.396. The van der Waals surface area contributed by atoms with Crippen LogP contribution in [0.1, 0.15) is 13.8 Å². The molecule has 0 aromatic carbocycles. The van der Waals surface area contributed by atoms with Crippen LogP contribution in [0.2, 0.25) is 0 Å². The molecule has 0 spiro atoms. The predicted molar refractivity (Wildman–Crippen MR) is 71.4 cm³/mol. The molecule has 2 heterocycles. The van der Waals surface area contributed by atoms with Crippen LogP contribution in [0, 0.1) is 10.1 Å². The lowest BCUT2D eigenvalue weighted by atomic mass is 10.4. The molecular formula is C10H15N5O2S. The van der Waals surface area contributed by atoms with Crippen molar-refractivity contribution in [2.75, 3.05) is 18.4 Å². The molecule has 0 aliphatic heterocycles. The van der Waals surface area contributed by atoms with E-state index in [1.54, 1.807) is 11.6 Å². The van der Waals surface area contributed by atoms with E-state index in [9.17, 15) is 10.1 Å². The number of aromatic nitrogens is 2. The zero-order valence-electron chi connectivity index (χ0n) is 10.2. The van der Waals surface area contributed by atoms with Crippen molar-refractivity contribution in [3.05, 3.63) is 21.7 Å². The normalized spacial score (nSPS) is 11.3. The number of nitrogens with zero attached hydrogens (tertiary/aromatic N) is 3. The number of hydrogen-bond acceptors (Lipinski definition) is 6. The maximum absolute atomic E-state index is 11.0. The number of nitrogens with one attached hydrogen (secondary N) is 2. The standard InChI is InChI=1S/C10H15N5O2S/c1-7(2)11-3-4-12-8-9(15(16)17)14-5-6-18-10(14)13-8/h5-7,11-12H,3-4H2,1-2H3. The molecule has 2 N–H and O–H groups in total. The average molecular weight is 269 g/mol. The highest BCUT2D eigenvalue weighted by atomic mass is 32.1. The molecule has 0 unspecified atom stereocenters. The molecule has 0 aliphatic carbocycles. The van der Waals surface area contributed by atoms with Crippen molar-refractivity contribution in [3.8, 4) is 0 Å². The molecule has 0 amide bonds. The first kappa shape index (κ1) is 12.8. The lowest BCUT2D eigenvalue weighted by Crippen LogP contribution is -2.28. The molecule has 0 atom stereocenters. The minimum atomic E-state index is -0.412. The quantitative estimate of drug-likeness (QED) is 0.474. The summed E-state index contributed by atoms with van der Waals surface area (Å²) in [4.78, 5) is 15.5. The van der Waals surface area contributed by atoms with Crippen LogP contribution < -0.4 is 10.6 Å². The fraction of sp³-hybridized carbons (Fsp3) is 0.500. The largest absolute Gasteiger partial charge is 0.372 e. The van der Waals surface area contributed by atoms with E-state index in [4.69, 9.17) is 0 Å². The Morgan fingerprint density at radius 3 is 3.00 bits per heavy atom. The Bertz CT molecular complexity index is 547. The molecule has 18 heavy (non-hydrogen) atoms. The third-order valence-electron chi connectivity index (χ3n) is 2.38. The first-order valence-electron chi connectivity index (χ1n) is 5.67. The SMILES string of the molecule is CC(C)NCCNc1nc2sccn2c1[N+](=O)[O-]. The van der Waals surface area contributed by atoms with Gasteiger partial charge in [-0.05, 0) is 4.92 Å². The number of nitro groups is 1. The van der Waals surface area contributed by atoms with E-state index >= 15 is 0 Å². The maximum Gasteiger partial charge on any atom is 0.372 e. The van der Waals surface area contributed by atoms with Gasteiger partial charge in [0.25, 0.3) is 4.96 Å². The fourth-order valence-electron chi connectivity index (χ4n) is 1.61. The van der Waals surface area contributed by atoms with Crippen LogP contribution in [0.15, 0.2) is 11.6 Å². The van der Waals surface area contributed by atoms with Crippen molar-refractivity contribution in [2.45, 2.75) is 19.9 Å². The van der Waals surface area contributed by atoms with Gasteiger partial charge in [-0.25, -0.2) is 0 Å². The van der Waals surface area contributed by atoms with Crippen molar-refractivity contribution in [1.29, 1.82) is 0 Å². The van der Waals surface area contributed by atoms with E-state index in [1.165, 1.54) is 15.7 Å². The van der Waals surface area contributed by atoms with Gasteiger partial charge in [-0.2, -0.15) is 9.38 Å². The van der Waals surface area contributed by atoms with Gasteiger partial charge < -0.3 is 20.7 Å². The predicted octanol–water partition coefficient (Wildman–Crippen LogP) is 1.71. The molecule has 7 nitrogen and oxygen atoms in total. The fourth-order valence-corrected chi connectivity index (χ4v) is 2.32. The van der Waals surface area contributed by atoms with Gasteiger partial charge in [0, 0.05) is 24.5 Å². The third-order valence-corrected chi connectivity index (χ3v) is 3.14. The molecule has 0 aliphatic rings. The van der Waals surface area contributed by atoms with Crippen LogP contribution in [0.25, 0.3) is 4.96 Å². The molecule has 0 bridgehead atoms. The van der Waals surface area contributed by atoms with Crippen LogP contribution in [-0.2, 0) is 0 Å². The molecular weight excluding hydrogens is 254 g/mol. The summed E-state index contributed by atoms with van der Waals surface area (Å²) in [6.07, 6.45) is 1.66. The molecule has 0 saturated carbocycles. The van der Waals surface area contributed by atoms with E-state index in [-0.39, 0.29) is 5.82 Å². The van der Waals surface area contributed by atoms with Crippen LogP contribution in [0.4, 0.5) is 11.6 Å². The van der Waals surface area contributed by atoms with Crippen molar-refractivity contribution in [2.24, 2.45) is 0 Å². The van der Waals surface area contributed by atoms with Crippen LogP contribution in [0.3, 0.4) is 0 Å². The highest BCUT2D eigenvalue weighted by Crippen LogP contribution is 2.27. The van der Waals surface area contributed by atoms with E-state index in [0.29, 0.717) is 23.4 Å². The smallest absolute Gasteiger partial charge is 0.362 e. The molecule has 0 fully saturated rings. The van der Waals surface area contributed by atoms with Gasteiger partial charge in [0.05, 0.1) is 0 Å². The second kappa shape index (κ2) is 5.32. The number of imidazole rings is 1. The number of anilines is 1. The minimum absolute atomic E-state index is 0.00389. The highest BCUT2D eigenvalue weighted by molar-refractivity contribution is 7.15. The summed E-state index contributed by atoms with van der Waals surface area (Å²) >= 11 is 1.38. The van der Waals surface area contributed by atoms with E-state index in [0.717, 1.165) is 6.54 Å². The lowest BCUT2D eigenvalue weighted by molar-refractivity contribution is -0.389. The van der Waals surface area contributed by atoms with Crippen molar-refractivity contribution in [1.82, 2.24) is 14.7 Å². The Morgan fingerprint density at radius 1 is 1.56 bits per heavy atom. The molecule has 98 valence electrons. The van der Waals surface area contributed by atoms with Gasteiger partial charge in [-0.1, -0.05) is 25.2 Å². The Balaban J connectivity index is 2.10. The van der Waals surface area contributed by atoms with Crippen LogP contribution >= 0.6 is 11.3 Å². The first-order valence-corrected chi connectivity index (χ1v) is 6.54. The van der Waals surface area contributed by atoms with Crippen molar-refractivity contribution < 1.29 is 4.92 Å². The van der Waals surface area contributed by atoms with Gasteiger partial charge in [-0.15, -0.1) is 0 Å². The van der Waals surface area contributed by atoms with E-state index in [2.05, 4.69) is 29.5 Å². The summed E-state index contributed by atoms with van der Waals surface area (Å²) in [5.41, 5.74) is 0. The zero-order valence-corrected chi connectivity index (χ0v) is 11.0. The molecule has 0 saturated heterocycles. The minimum Gasteiger partial charge on any atom is -0.362 e. The second-order valence-electron chi connectivity index (χ2n) is 4.13. The van der Waals surface area contributed by atoms with Gasteiger partial charge in [0.1, 0.15) is 6.20 Å². The highest BCUT2D eigenvalue weighted by Gasteiger charge is 2.22. The van der Waals surface area contributed by atoms with Gasteiger partial charge in [0.2, 0.25) is 5.82 Å². The van der Waals surface area contributed by atoms with Gasteiger partial charge in [0.15, 0.2) is 0 Å². The number of rotatable bonds is 6. The molecule has 2 aromatic heterocycles. The summed E-state index contributed by atoms with van der Waals surface area (Å²) in [6.45, 7) is 5.44. The van der Waals surface area contributed by atoms with Crippen molar-refractivity contribution in [3.63, 3.8) is 0 Å². The van der Waals surface area contributed by atoms with Gasteiger partial charge in [-0.3, -0.25) is 0 Å². The second-order valence-corrected chi connectivity index (χ2v) is 5.01. The Morgan fingerprint density at radius 2 is 2.33 bits per heavy atom. The number of hydrogen-bond donors (Lipinski definition) is 2. The first-order chi connectivity index (χ1) is 8.59. The van der Waals surface area contributed by atoms with E-state index < -0.39 is 4.92 Å². The molecule has 2 aromatic rings. The number of thiazole rings is 1. The molecule has 8 heteroatoms. The van der Waals surface area contributed by atoms with Crippen LogP contribution in [-0.4, -0.2) is 33.4 Å². The monoisotopic (exact) mass is 269 g/mol. The molecule has 2 rings (SSSR count). The average Bonchev–Trinajstić information content (AvgIpc) is 2.82. The third kappa shape index (κ3) is 2.59. The Kier molecular flexibility index (Phi) is 3.78. The lowest BCUT2D eigenvalue weighted by Gasteiger charge is -2.08. The Labute approximate surface area is 108 Å². The summed E-state index contributed by atoms with van der Waals surface area (Å²) in [5, 5.41) is 19.0. The summed E-state index contributed by atoms with van der Waals surface area (Å²) in [5.74, 6) is 0.327.